The Morgan fingerprint density at radius 2 is 2.06 bits per heavy atom. The van der Waals surface area contributed by atoms with Gasteiger partial charge in [-0.05, 0) is 25.1 Å². The third-order valence-corrected chi connectivity index (χ3v) is 3.75. The molecule has 0 aliphatic carbocycles. The summed E-state index contributed by atoms with van der Waals surface area (Å²) in [6.45, 7) is 1.99. The molecule has 88 valence electrons. The Bertz CT molecular complexity index is 649. The zero-order valence-corrected chi connectivity index (χ0v) is 10.6. The number of pyridine rings is 1. The van der Waals surface area contributed by atoms with Crippen molar-refractivity contribution in [2.45, 2.75) is 6.92 Å². The van der Waals surface area contributed by atoms with E-state index in [1.54, 1.807) is 30.1 Å². The third kappa shape index (κ3) is 2.00. The molecule has 0 atom stereocenters. The molecule has 0 saturated carbocycles. The standard InChI is InChI=1S/C13H10N4S/c1-9-12(11-4-6-15-8-16-11)18-13(17-9)10-3-2-5-14-7-10/h2-8H,1H3. The molecule has 0 bridgehead atoms. The van der Waals surface area contributed by atoms with Crippen molar-refractivity contribution in [1.29, 1.82) is 0 Å². The van der Waals surface area contributed by atoms with E-state index in [-0.39, 0.29) is 0 Å². The summed E-state index contributed by atoms with van der Waals surface area (Å²) in [7, 11) is 0. The summed E-state index contributed by atoms with van der Waals surface area (Å²) in [6, 6.07) is 5.82. The van der Waals surface area contributed by atoms with E-state index in [0.717, 1.165) is 26.8 Å². The Hall–Kier alpha value is -2.14. The highest BCUT2D eigenvalue weighted by atomic mass is 32.1. The first-order valence-corrected chi connectivity index (χ1v) is 6.30. The Morgan fingerprint density at radius 3 is 2.78 bits per heavy atom. The Kier molecular flexibility index (Phi) is 2.82. The van der Waals surface area contributed by atoms with Gasteiger partial charge in [-0.2, -0.15) is 0 Å². The van der Waals surface area contributed by atoms with Gasteiger partial charge in [0, 0.05) is 24.2 Å². The van der Waals surface area contributed by atoms with E-state index >= 15 is 0 Å². The van der Waals surface area contributed by atoms with Crippen LogP contribution in [0.5, 0.6) is 0 Å². The van der Waals surface area contributed by atoms with Gasteiger partial charge in [0.05, 0.1) is 16.3 Å². The van der Waals surface area contributed by atoms with Crippen LogP contribution in [0.3, 0.4) is 0 Å². The molecule has 0 spiro atoms. The van der Waals surface area contributed by atoms with Crippen molar-refractivity contribution in [1.82, 2.24) is 19.9 Å². The van der Waals surface area contributed by atoms with Gasteiger partial charge in [-0.15, -0.1) is 11.3 Å². The van der Waals surface area contributed by atoms with Crippen LogP contribution in [0.2, 0.25) is 0 Å². The molecule has 5 heteroatoms. The molecule has 0 N–H and O–H groups in total. The first-order chi connectivity index (χ1) is 8.84. The fourth-order valence-corrected chi connectivity index (χ4v) is 2.71. The summed E-state index contributed by atoms with van der Waals surface area (Å²) in [6.07, 6.45) is 6.88. The van der Waals surface area contributed by atoms with Gasteiger partial charge in [-0.3, -0.25) is 4.98 Å². The normalized spacial score (nSPS) is 10.5. The van der Waals surface area contributed by atoms with Crippen LogP contribution >= 0.6 is 11.3 Å². The highest BCUT2D eigenvalue weighted by Gasteiger charge is 2.11. The van der Waals surface area contributed by atoms with Crippen LogP contribution in [0.25, 0.3) is 21.1 Å². The van der Waals surface area contributed by atoms with Gasteiger partial charge >= 0.3 is 0 Å². The van der Waals surface area contributed by atoms with Crippen LogP contribution in [0.1, 0.15) is 5.69 Å². The van der Waals surface area contributed by atoms with Crippen molar-refractivity contribution in [2.75, 3.05) is 0 Å². The maximum Gasteiger partial charge on any atom is 0.125 e. The molecule has 0 saturated heterocycles. The van der Waals surface area contributed by atoms with Crippen molar-refractivity contribution in [2.24, 2.45) is 0 Å². The highest BCUT2D eigenvalue weighted by Crippen LogP contribution is 2.33. The van der Waals surface area contributed by atoms with Gasteiger partial charge in [0.25, 0.3) is 0 Å². The van der Waals surface area contributed by atoms with Crippen LogP contribution < -0.4 is 0 Å². The van der Waals surface area contributed by atoms with Crippen molar-refractivity contribution in [3.05, 3.63) is 48.8 Å². The number of aryl methyl sites for hydroxylation is 1. The second-order valence-electron chi connectivity index (χ2n) is 3.77. The van der Waals surface area contributed by atoms with E-state index in [1.165, 1.54) is 0 Å². The minimum atomic E-state index is 0.912. The molecule has 0 aromatic carbocycles. The molecular formula is C13H10N4S. The molecule has 3 aromatic heterocycles. The first-order valence-electron chi connectivity index (χ1n) is 5.49. The molecule has 3 aromatic rings. The summed E-state index contributed by atoms with van der Waals surface area (Å²) in [5.74, 6) is 0. The average molecular weight is 254 g/mol. The zero-order chi connectivity index (χ0) is 12.4. The summed E-state index contributed by atoms with van der Waals surface area (Å²) >= 11 is 1.62. The summed E-state index contributed by atoms with van der Waals surface area (Å²) < 4.78 is 0. The molecule has 3 rings (SSSR count). The monoisotopic (exact) mass is 254 g/mol. The van der Waals surface area contributed by atoms with Gasteiger partial charge in [0.2, 0.25) is 0 Å². The van der Waals surface area contributed by atoms with E-state index in [9.17, 15) is 0 Å². The van der Waals surface area contributed by atoms with E-state index in [4.69, 9.17) is 0 Å². The van der Waals surface area contributed by atoms with Crippen molar-refractivity contribution in [3.8, 4) is 21.1 Å². The third-order valence-electron chi connectivity index (χ3n) is 2.52. The number of hydrogen-bond acceptors (Lipinski definition) is 5. The summed E-state index contributed by atoms with van der Waals surface area (Å²) in [5, 5.41) is 0.967. The number of nitrogens with zero attached hydrogens (tertiary/aromatic N) is 4. The summed E-state index contributed by atoms with van der Waals surface area (Å²) in [5.41, 5.74) is 2.93. The quantitative estimate of drug-likeness (QED) is 0.705. The lowest BCUT2D eigenvalue weighted by Crippen LogP contribution is -1.83. The fraction of sp³-hybridized carbons (Fsp3) is 0.0769. The van der Waals surface area contributed by atoms with E-state index < -0.39 is 0 Å². The highest BCUT2D eigenvalue weighted by molar-refractivity contribution is 7.18. The van der Waals surface area contributed by atoms with E-state index in [2.05, 4.69) is 19.9 Å². The van der Waals surface area contributed by atoms with Crippen molar-refractivity contribution < 1.29 is 0 Å². The Labute approximate surface area is 108 Å². The van der Waals surface area contributed by atoms with Crippen LogP contribution in [-0.4, -0.2) is 19.9 Å². The molecule has 4 nitrogen and oxygen atoms in total. The molecular weight excluding hydrogens is 244 g/mol. The number of hydrogen-bond donors (Lipinski definition) is 0. The van der Waals surface area contributed by atoms with Gasteiger partial charge in [-0.25, -0.2) is 15.0 Å². The lowest BCUT2D eigenvalue weighted by molar-refractivity contribution is 1.17. The molecule has 18 heavy (non-hydrogen) atoms. The van der Waals surface area contributed by atoms with Gasteiger partial charge in [0.15, 0.2) is 0 Å². The van der Waals surface area contributed by atoms with E-state index in [0.29, 0.717) is 0 Å². The number of aromatic nitrogens is 4. The van der Waals surface area contributed by atoms with Crippen LogP contribution in [-0.2, 0) is 0 Å². The molecule has 0 amide bonds. The molecule has 0 aliphatic heterocycles. The molecule has 3 heterocycles. The lowest BCUT2D eigenvalue weighted by atomic mass is 10.3. The predicted octanol–water partition coefficient (Wildman–Crippen LogP) is 2.97. The average Bonchev–Trinajstić information content (AvgIpc) is 2.83. The van der Waals surface area contributed by atoms with Gasteiger partial charge < -0.3 is 0 Å². The molecule has 0 radical (unpaired) electrons. The molecule has 0 fully saturated rings. The fourth-order valence-electron chi connectivity index (χ4n) is 1.67. The van der Waals surface area contributed by atoms with Crippen LogP contribution in [0, 0.1) is 6.92 Å². The smallest absolute Gasteiger partial charge is 0.125 e. The molecule has 0 aliphatic rings. The second kappa shape index (κ2) is 4.62. The second-order valence-corrected chi connectivity index (χ2v) is 4.77. The van der Waals surface area contributed by atoms with Crippen LogP contribution in [0.15, 0.2) is 43.1 Å². The summed E-state index contributed by atoms with van der Waals surface area (Å²) in [4.78, 5) is 18.0. The van der Waals surface area contributed by atoms with E-state index in [1.807, 2.05) is 31.3 Å². The first kappa shape index (κ1) is 11.0. The lowest BCUT2D eigenvalue weighted by Gasteiger charge is -1.94. The van der Waals surface area contributed by atoms with Crippen molar-refractivity contribution >= 4 is 11.3 Å². The maximum atomic E-state index is 4.58. The number of rotatable bonds is 2. The molecule has 0 unspecified atom stereocenters. The largest absolute Gasteiger partial charge is 0.264 e. The predicted molar refractivity (Wildman–Crippen MR) is 71.1 cm³/mol. The SMILES string of the molecule is Cc1nc(-c2cccnc2)sc1-c1ccncn1. The van der Waals surface area contributed by atoms with Crippen LogP contribution in [0.4, 0.5) is 0 Å². The zero-order valence-electron chi connectivity index (χ0n) is 9.74. The minimum absolute atomic E-state index is 0.912. The topological polar surface area (TPSA) is 51.6 Å². The van der Waals surface area contributed by atoms with Gasteiger partial charge in [0.1, 0.15) is 11.3 Å². The Balaban J connectivity index is 2.07. The van der Waals surface area contributed by atoms with Gasteiger partial charge in [-0.1, -0.05) is 0 Å². The maximum absolute atomic E-state index is 4.58. The Morgan fingerprint density at radius 1 is 1.11 bits per heavy atom. The number of thiazole rings is 1. The van der Waals surface area contributed by atoms with Crippen molar-refractivity contribution in [3.63, 3.8) is 0 Å². The minimum Gasteiger partial charge on any atom is -0.264 e.